The molecule has 0 bridgehead atoms. The minimum absolute atomic E-state index is 0.818. The average molecular weight is 325 g/mol. The molecule has 17 heavy (non-hydrogen) atoms. The summed E-state index contributed by atoms with van der Waals surface area (Å²) < 4.78 is 2.39. The van der Waals surface area contributed by atoms with Crippen molar-refractivity contribution >= 4 is 54.0 Å². The minimum atomic E-state index is 0.818. The maximum absolute atomic E-state index is 4.54. The van der Waals surface area contributed by atoms with Gasteiger partial charge in [0.1, 0.15) is 0 Å². The Bertz CT molecular complexity index is 612. The third-order valence-electron chi connectivity index (χ3n) is 2.39. The predicted molar refractivity (Wildman–Crippen MR) is 79.0 cm³/mol. The van der Waals surface area contributed by atoms with Crippen LogP contribution in [0.5, 0.6) is 0 Å². The lowest BCUT2D eigenvalue weighted by Gasteiger charge is -1.99. The van der Waals surface area contributed by atoms with Crippen LogP contribution in [0.1, 0.15) is 4.88 Å². The van der Waals surface area contributed by atoms with E-state index in [-0.39, 0.29) is 0 Å². The number of thiophene rings is 1. The van der Waals surface area contributed by atoms with Crippen molar-refractivity contribution in [3.05, 3.63) is 45.1 Å². The van der Waals surface area contributed by atoms with E-state index < -0.39 is 0 Å². The zero-order valence-corrected chi connectivity index (χ0v) is 12.0. The highest BCUT2D eigenvalue weighted by molar-refractivity contribution is 9.10. The van der Waals surface area contributed by atoms with E-state index in [1.807, 2.05) is 18.2 Å². The molecule has 0 saturated carbocycles. The van der Waals surface area contributed by atoms with Crippen LogP contribution in [0, 0.1) is 0 Å². The van der Waals surface area contributed by atoms with Crippen molar-refractivity contribution in [3.63, 3.8) is 0 Å². The van der Waals surface area contributed by atoms with Gasteiger partial charge in [-0.05, 0) is 39.5 Å². The Labute approximate surface area is 115 Å². The number of fused-ring (bicyclic) bond motifs is 1. The summed E-state index contributed by atoms with van der Waals surface area (Å²) in [6.45, 7) is 0.818. The molecule has 3 aromatic rings. The molecular weight excluding hydrogens is 316 g/mol. The molecule has 0 saturated heterocycles. The third-order valence-corrected chi connectivity index (χ3v) is 5.31. The summed E-state index contributed by atoms with van der Waals surface area (Å²) in [5.41, 5.74) is 1.06. The molecule has 0 spiro atoms. The maximum Gasteiger partial charge on any atom is 0.184 e. The van der Waals surface area contributed by atoms with Gasteiger partial charge in [0.15, 0.2) is 5.13 Å². The van der Waals surface area contributed by atoms with Crippen LogP contribution in [-0.2, 0) is 6.54 Å². The van der Waals surface area contributed by atoms with Gasteiger partial charge in [-0.2, -0.15) is 0 Å². The summed E-state index contributed by atoms with van der Waals surface area (Å²) in [6.07, 6.45) is 0. The van der Waals surface area contributed by atoms with Gasteiger partial charge in [-0.3, -0.25) is 0 Å². The molecule has 0 atom stereocenters. The number of benzene rings is 1. The van der Waals surface area contributed by atoms with Gasteiger partial charge in [-0.25, -0.2) is 4.98 Å². The van der Waals surface area contributed by atoms with Crippen LogP contribution in [0.2, 0.25) is 0 Å². The molecule has 0 fully saturated rings. The fourth-order valence-electron chi connectivity index (χ4n) is 1.55. The molecule has 0 aliphatic carbocycles. The second-order valence-corrected chi connectivity index (χ2v) is 6.42. The number of thiazole rings is 1. The van der Waals surface area contributed by atoms with Gasteiger partial charge in [0.2, 0.25) is 0 Å². The molecule has 3 rings (SSSR count). The summed E-state index contributed by atoms with van der Waals surface area (Å²) in [4.78, 5) is 5.83. The monoisotopic (exact) mass is 324 g/mol. The van der Waals surface area contributed by atoms with Crippen LogP contribution in [0.25, 0.3) is 10.2 Å². The molecule has 2 heterocycles. The van der Waals surface area contributed by atoms with Gasteiger partial charge in [-0.15, -0.1) is 11.3 Å². The lowest BCUT2D eigenvalue weighted by atomic mass is 10.3. The van der Waals surface area contributed by atoms with Crippen molar-refractivity contribution in [3.8, 4) is 0 Å². The summed E-state index contributed by atoms with van der Waals surface area (Å²) >= 11 is 6.96. The molecular formula is C12H9BrN2S2. The first-order chi connectivity index (χ1) is 8.33. The molecule has 0 aliphatic rings. The van der Waals surface area contributed by atoms with Gasteiger partial charge in [0, 0.05) is 9.35 Å². The number of hydrogen-bond donors (Lipinski definition) is 1. The fourth-order valence-corrected chi connectivity index (χ4v) is 3.85. The number of hydrogen-bond acceptors (Lipinski definition) is 4. The topological polar surface area (TPSA) is 24.9 Å². The average Bonchev–Trinajstić information content (AvgIpc) is 2.92. The highest BCUT2D eigenvalue weighted by atomic mass is 79.9. The Morgan fingerprint density at radius 1 is 1.24 bits per heavy atom. The summed E-state index contributed by atoms with van der Waals surface area (Å²) in [5, 5.41) is 6.43. The molecule has 86 valence electrons. The first-order valence-electron chi connectivity index (χ1n) is 5.14. The summed E-state index contributed by atoms with van der Waals surface area (Å²) in [7, 11) is 0. The highest BCUT2D eigenvalue weighted by Gasteiger charge is 2.04. The first kappa shape index (κ1) is 11.2. The van der Waals surface area contributed by atoms with E-state index >= 15 is 0 Å². The van der Waals surface area contributed by atoms with Crippen molar-refractivity contribution in [1.29, 1.82) is 0 Å². The van der Waals surface area contributed by atoms with Gasteiger partial charge < -0.3 is 5.32 Å². The van der Waals surface area contributed by atoms with Crippen molar-refractivity contribution in [1.82, 2.24) is 4.98 Å². The van der Waals surface area contributed by atoms with E-state index in [1.54, 1.807) is 22.7 Å². The summed E-state index contributed by atoms with van der Waals surface area (Å²) in [5.74, 6) is 0. The smallest absolute Gasteiger partial charge is 0.184 e. The molecule has 1 aromatic carbocycles. The number of anilines is 1. The second kappa shape index (κ2) is 4.76. The number of nitrogens with zero attached hydrogens (tertiary/aromatic N) is 1. The van der Waals surface area contributed by atoms with Gasteiger partial charge in [-0.1, -0.05) is 23.5 Å². The lowest BCUT2D eigenvalue weighted by molar-refractivity contribution is 1.17. The first-order valence-corrected chi connectivity index (χ1v) is 7.63. The molecule has 0 amide bonds. The van der Waals surface area contributed by atoms with Crippen molar-refractivity contribution in [2.75, 3.05) is 5.32 Å². The maximum atomic E-state index is 4.54. The van der Waals surface area contributed by atoms with Crippen LogP contribution < -0.4 is 5.32 Å². The van der Waals surface area contributed by atoms with Crippen LogP contribution in [0.3, 0.4) is 0 Å². The second-order valence-electron chi connectivity index (χ2n) is 3.53. The lowest BCUT2D eigenvalue weighted by Crippen LogP contribution is -1.96. The molecule has 0 unspecified atom stereocenters. The number of rotatable bonds is 3. The van der Waals surface area contributed by atoms with Crippen LogP contribution in [0.15, 0.2) is 40.2 Å². The quantitative estimate of drug-likeness (QED) is 0.753. The van der Waals surface area contributed by atoms with Gasteiger partial charge in [0.05, 0.1) is 16.8 Å². The van der Waals surface area contributed by atoms with Crippen LogP contribution >= 0.6 is 38.6 Å². The number of aromatic nitrogens is 1. The van der Waals surface area contributed by atoms with Crippen molar-refractivity contribution in [2.45, 2.75) is 6.54 Å². The Morgan fingerprint density at radius 2 is 2.12 bits per heavy atom. The third kappa shape index (κ3) is 2.36. The molecule has 0 radical (unpaired) electrons. The van der Waals surface area contributed by atoms with Crippen molar-refractivity contribution < 1.29 is 0 Å². The molecule has 1 N–H and O–H groups in total. The molecule has 2 nitrogen and oxygen atoms in total. The van der Waals surface area contributed by atoms with E-state index in [2.05, 4.69) is 43.7 Å². The molecule has 2 aromatic heterocycles. The number of halogens is 1. The minimum Gasteiger partial charge on any atom is -0.357 e. The zero-order valence-electron chi connectivity index (χ0n) is 8.81. The van der Waals surface area contributed by atoms with E-state index in [1.165, 1.54) is 9.58 Å². The van der Waals surface area contributed by atoms with E-state index in [4.69, 9.17) is 0 Å². The molecule has 5 heteroatoms. The van der Waals surface area contributed by atoms with Crippen molar-refractivity contribution in [2.24, 2.45) is 0 Å². The number of para-hydroxylation sites is 1. The van der Waals surface area contributed by atoms with Crippen LogP contribution in [-0.4, -0.2) is 4.98 Å². The normalized spacial score (nSPS) is 10.9. The van der Waals surface area contributed by atoms with E-state index in [0.717, 1.165) is 21.7 Å². The Hall–Kier alpha value is -0.910. The number of nitrogens with one attached hydrogen (secondary N) is 1. The Balaban J connectivity index is 1.79. The van der Waals surface area contributed by atoms with Gasteiger partial charge >= 0.3 is 0 Å². The molecule has 0 aliphatic heterocycles. The Morgan fingerprint density at radius 3 is 2.88 bits per heavy atom. The highest BCUT2D eigenvalue weighted by Crippen LogP contribution is 2.28. The zero-order chi connectivity index (χ0) is 11.7. The predicted octanol–water partition coefficient (Wildman–Crippen LogP) is 4.73. The Kier molecular flexibility index (Phi) is 3.13. The summed E-state index contributed by atoms with van der Waals surface area (Å²) in [6, 6.07) is 10.3. The standard InChI is InChI=1S/C12H9BrN2S2/c13-8-5-6-16-11(8)7-14-12-15-9-3-1-2-4-10(9)17-12/h1-6H,7H2,(H,14,15). The fraction of sp³-hybridized carbons (Fsp3) is 0.0833. The van der Waals surface area contributed by atoms with E-state index in [9.17, 15) is 0 Å². The van der Waals surface area contributed by atoms with Gasteiger partial charge in [0.25, 0.3) is 0 Å². The SMILES string of the molecule is Brc1ccsc1CNc1nc2ccccc2s1. The van der Waals surface area contributed by atoms with Crippen LogP contribution in [0.4, 0.5) is 5.13 Å². The largest absolute Gasteiger partial charge is 0.357 e. The van der Waals surface area contributed by atoms with E-state index in [0.29, 0.717) is 0 Å².